The number of nitrogens with zero attached hydrogens (tertiary/aromatic N) is 4. The second kappa shape index (κ2) is 8.36. The van der Waals surface area contributed by atoms with E-state index in [1.807, 2.05) is 43.3 Å². The molecule has 2 aromatic heterocycles. The van der Waals surface area contributed by atoms with Crippen LogP contribution in [0.2, 0.25) is 0 Å². The molecule has 0 spiro atoms. The number of carbonyl (C=O) groups excluding carboxylic acids is 1. The smallest absolute Gasteiger partial charge is 0.277 e. The first-order valence-electron chi connectivity index (χ1n) is 10.0. The molecule has 0 saturated heterocycles. The maximum Gasteiger partial charge on any atom is 0.277 e. The van der Waals surface area contributed by atoms with Gasteiger partial charge in [-0.05, 0) is 50.1 Å². The van der Waals surface area contributed by atoms with Gasteiger partial charge in [0.2, 0.25) is 0 Å². The number of benzene rings is 2. The van der Waals surface area contributed by atoms with Crippen molar-refractivity contribution < 1.29 is 4.79 Å². The van der Waals surface area contributed by atoms with Gasteiger partial charge < -0.3 is 15.2 Å². The average Bonchev–Trinajstić information content (AvgIpc) is 3.20. The van der Waals surface area contributed by atoms with Gasteiger partial charge in [0, 0.05) is 25.3 Å². The van der Waals surface area contributed by atoms with Crippen LogP contribution in [-0.2, 0) is 0 Å². The van der Waals surface area contributed by atoms with Crippen molar-refractivity contribution in [2.45, 2.75) is 20.3 Å². The molecule has 0 unspecified atom stereocenters. The zero-order valence-electron chi connectivity index (χ0n) is 17.1. The molecule has 0 aliphatic heterocycles. The van der Waals surface area contributed by atoms with Crippen molar-refractivity contribution in [1.82, 2.24) is 25.1 Å². The maximum absolute atomic E-state index is 12.7. The average molecular weight is 404 g/mol. The fourth-order valence-electron chi connectivity index (χ4n) is 3.59. The van der Waals surface area contributed by atoms with Crippen molar-refractivity contribution in [3.05, 3.63) is 70.1 Å². The lowest BCUT2D eigenvalue weighted by Crippen LogP contribution is -2.30. The first-order valence-corrected chi connectivity index (χ1v) is 10.0. The number of aryl methyl sites for hydroxylation is 1. The summed E-state index contributed by atoms with van der Waals surface area (Å²) < 4.78 is 1.43. The van der Waals surface area contributed by atoms with Gasteiger partial charge >= 0.3 is 0 Å². The summed E-state index contributed by atoms with van der Waals surface area (Å²) in [6, 6.07) is 15.8. The number of para-hydroxylation sites is 1. The van der Waals surface area contributed by atoms with E-state index in [1.54, 1.807) is 0 Å². The molecule has 0 aliphatic rings. The predicted molar refractivity (Wildman–Crippen MR) is 117 cm³/mol. The van der Waals surface area contributed by atoms with E-state index < -0.39 is 5.91 Å². The number of rotatable bonds is 7. The van der Waals surface area contributed by atoms with Crippen LogP contribution in [0, 0.1) is 6.92 Å². The van der Waals surface area contributed by atoms with Crippen molar-refractivity contribution in [2.75, 3.05) is 24.5 Å². The zero-order chi connectivity index (χ0) is 21.1. The number of hydrogen-bond donors (Lipinski definition) is 2. The van der Waals surface area contributed by atoms with E-state index >= 15 is 0 Å². The SMILES string of the molecule is CCN(CCCNC(=O)c1nnn2c1c(=O)[nH]c1cc(C)ccc12)c1ccccc1. The molecule has 8 heteroatoms. The van der Waals surface area contributed by atoms with E-state index in [-0.39, 0.29) is 16.8 Å². The van der Waals surface area contributed by atoms with Crippen LogP contribution in [0.1, 0.15) is 29.4 Å². The summed E-state index contributed by atoms with van der Waals surface area (Å²) in [5, 5.41) is 10.9. The van der Waals surface area contributed by atoms with Crippen LogP contribution in [0.3, 0.4) is 0 Å². The van der Waals surface area contributed by atoms with Crippen molar-refractivity contribution in [3.8, 4) is 0 Å². The van der Waals surface area contributed by atoms with Crippen LogP contribution in [0.15, 0.2) is 53.3 Å². The molecule has 30 heavy (non-hydrogen) atoms. The van der Waals surface area contributed by atoms with Gasteiger partial charge in [0.1, 0.15) is 0 Å². The first-order chi connectivity index (χ1) is 14.6. The molecular formula is C22H24N6O2. The minimum Gasteiger partial charge on any atom is -0.372 e. The summed E-state index contributed by atoms with van der Waals surface area (Å²) in [4.78, 5) is 30.3. The summed E-state index contributed by atoms with van der Waals surface area (Å²) in [6.45, 7) is 6.22. The summed E-state index contributed by atoms with van der Waals surface area (Å²) >= 11 is 0. The quantitative estimate of drug-likeness (QED) is 0.462. The number of nitrogens with one attached hydrogen (secondary N) is 2. The molecule has 0 radical (unpaired) electrons. The van der Waals surface area contributed by atoms with Gasteiger partial charge in [0.25, 0.3) is 11.5 Å². The Labute approximate surface area is 173 Å². The lowest BCUT2D eigenvalue weighted by molar-refractivity contribution is 0.0950. The summed E-state index contributed by atoms with van der Waals surface area (Å²) in [5.74, 6) is -0.398. The normalized spacial score (nSPS) is 11.1. The molecular weight excluding hydrogens is 380 g/mol. The van der Waals surface area contributed by atoms with Gasteiger partial charge in [-0.15, -0.1) is 5.10 Å². The van der Waals surface area contributed by atoms with E-state index in [1.165, 1.54) is 4.52 Å². The minimum absolute atomic E-state index is 0.0362. The molecule has 4 aromatic rings. The predicted octanol–water partition coefficient (Wildman–Crippen LogP) is 2.53. The molecule has 154 valence electrons. The highest BCUT2D eigenvalue weighted by Crippen LogP contribution is 2.15. The lowest BCUT2D eigenvalue weighted by atomic mass is 10.2. The van der Waals surface area contributed by atoms with Crippen molar-refractivity contribution in [1.29, 1.82) is 0 Å². The fraction of sp³-hybridized carbons (Fsp3) is 0.273. The van der Waals surface area contributed by atoms with Crippen molar-refractivity contribution >= 4 is 28.1 Å². The van der Waals surface area contributed by atoms with Gasteiger partial charge in [-0.2, -0.15) is 0 Å². The molecule has 0 fully saturated rings. The summed E-state index contributed by atoms with van der Waals surface area (Å²) in [5.41, 5.74) is 3.34. The van der Waals surface area contributed by atoms with Crippen molar-refractivity contribution in [3.63, 3.8) is 0 Å². The monoisotopic (exact) mass is 404 g/mol. The topological polar surface area (TPSA) is 95.4 Å². The number of hydrogen-bond acceptors (Lipinski definition) is 5. The van der Waals surface area contributed by atoms with Crippen LogP contribution in [-0.4, -0.2) is 45.4 Å². The Morgan fingerprint density at radius 2 is 2.00 bits per heavy atom. The van der Waals surface area contributed by atoms with Crippen LogP contribution in [0.5, 0.6) is 0 Å². The highest BCUT2D eigenvalue weighted by molar-refractivity contribution is 5.99. The van der Waals surface area contributed by atoms with E-state index in [4.69, 9.17) is 0 Å². The van der Waals surface area contributed by atoms with E-state index in [0.717, 1.165) is 30.8 Å². The second-order valence-corrected chi connectivity index (χ2v) is 7.20. The Kier molecular flexibility index (Phi) is 5.47. The maximum atomic E-state index is 12.7. The number of anilines is 1. The van der Waals surface area contributed by atoms with Gasteiger partial charge in [0.05, 0.1) is 11.0 Å². The van der Waals surface area contributed by atoms with E-state index in [9.17, 15) is 9.59 Å². The molecule has 0 aliphatic carbocycles. The van der Waals surface area contributed by atoms with Gasteiger partial charge in [0.15, 0.2) is 11.2 Å². The molecule has 8 nitrogen and oxygen atoms in total. The second-order valence-electron chi connectivity index (χ2n) is 7.20. The van der Waals surface area contributed by atoms with Gasteiger partial charge in [-0.3, -0.25) is 9.59 Å². The Balaban J connectivity index is 1.46. The van der Waals surface area contributed by atoms with Crippen LogP contribution in [0.4, 0.5) is 5.69 Å². The highest BCUT2D eigenvalue weighted by atomic mass is 16.2. The molecule has 2 N–H and O–H groups in total. The molecule has 0 bridgehead atoms. The Hall–Kier alpha value is -3.68. The number of aromatic nitrogens is 4. The minimum atomic E-state index is -0.398. The third kappa shape index (κ3) is 3.76. The van der Waals surface area contributed by atoms with Gasteiger partial charge in [-0.1, -0.05) is 29.5 Å². The largest absolute Gasteiger partial charge is 0.372 e. The van der Waals surface area contributed by atoms with Crippen LogP contribution in [0.25, 0.3) is 16.6 Å². The third-order valence-electron chi connectivity index (χ3n) is 5.12. The summed E-state index contributed by atoms with van der Waals surface area (Å²) in [6.07, 6.45) is 0.770. The molecule has 0 saturated carbocycles. The molecule has 2 aromatic carbocycles. The number of amides is 1. The number of aromatic amines is 1. The number of fused-ring (bicyclic) bond motifs is 3. The Morgan fingerprint density at radius 1 is 1.20 bits per heavy atom. The van der Waals surface area contributed by atoms with E-state index in [0.29, 0.717) is 17.6 Å². The molecule has 0 atom stereocenters. The lowest BCUT2D eigenvalue weighted by Gasteiger charge is -2.23. The molecule has 1 amide bonds. The molecule has 2 heterocycles. The number of H-pyrrole nitrogens is 1. The first kappa shape index (κ1) is 19.6. The number of carbonyl (C=O) groups is 1. The zero-order valence-corrected chi connectivity index (χ0v) is 17.1. The Morgan fingerprint density at radius 3 is 2.77 bits per heavy atom. The third-order valence-corrected chi connectivity index (χ3v) is 5.12. The van der Waals surface area contributed by atoms with E-state index in [2.05, 4.69) is 44.6 Å². The highest BCUT2D eigenvalue weighted by Gasteiger charge is 2.19. The summed E-state index contributed by atoms with van der Waals surface area (Å²) in [7, 11) is 0. The fourth-order valence-corrected chi connectivity index (χ4v) is 3.59. The van der Waals surface area contributed by atoms with Gasteiger partial charge in [-0.25, -0.2) is 4.52 Å². The Bertz CT molecular complexity index is 1250. The van der Waals surface area contributed by atoms with Crippen LogP contribution >= 0.6 is 0 Å². The standard InChI is InChI=1S/C22H24N6O2/c1-3-27(16-8-5-4-6-9-16)13-7-12-23-21(29)19-20-22(30)24-17-14-15(2)10-11-18(17)28(20)26-25-19/h4-6,8-11,14H,3,7,12-13H2,1-2H3,(H,23,29)(H,24,30). The van der Waals surface area contributed by atoms with Crippen molar-refractivity contribution in [2.24, 2.45) is 0 Å². The van der Waals surface area contributed by atoms with Crippen LogP contribution < -0.4 is 15.8 Å². The molecule has 4 rings (SSSR count).